The van der Waals surface area contributed by atoms with Crippen LogP contribution in [0.3, 0.4) is 0 Å². The minimum atomic E-state index is 0. The van der Waals surface area contributed by atoms with Gasteiger partial charge in [0.05, 0.1) is 0 Å². The molecule has 1 amide bonds. The molecule has 3 rings (SSSR count). The third-order valence-corrected chi connectivity index (χ3v) is 5.84. The van der Waals surface area contributed by atoms with Crippen molar-refractivity contribution in [2.75, 3.05) is 39.3 Å². The highest BCUT2D eigenvalue weighted by Crippen LogP contribution is 2.28. The average Bonchev–Trinajstić information content (AvgIpc) is 3.13. The van der Waals surface area contributed by atoms with E-state index < -0.39 is 0 Å². The Morgan fingerprint density at radius 2 is 1.92 bits per heavy atom. The van der Waals surface area contributed by atoms with Crippen LogP contribution in [0.2, 0.25) is 5.02 Å². The van der Waals surface area contributed by atoms with Gasteiger partial charge in [0.25, 0.3) is 0 Å². The van der Waals surface area contributed by atoms with Crippen molar-refractivity contribution >= 4 is 42.3 Å². The molecule has 0 bridgehead atoms. The lowest BCUT2D eigenvalue weighted by molar-refractivity contribution is -0.133. The van der Waals surface area contributed by atoms with Crippen LogP contribution in [0, 0.1) is 5.92 Å². The number of halogens is 3. The van der Waals surface area contributed by atoms with E-state index >= 15 is 0 Å². The molecule has 7 heteroatoms. The van der Waals surface area contributed by atoms with Crippen LogP contribution in [-0.4, -0.2) is 55.0 Å². The first-order valence-electron chi connectivity index (χ1n) is 9.12. The van der Waals surface area contributed by atoms with Gasteiger partial charge in [0.15, 0.2) is 0 Å². The molecule has 1 aromatic rings. The maximum Gasteiger partial charge on any atom is 0.222 e. The van der Waals surface area contributed by atoms with Crippen molar-refractivity contribution in [1.82, 2.24) is 15.1 Å². The van der Waals surface area contributed by atoms with Gasteiger partial charge in [-0.1, -0.05) is 29.8 Å². The molecular formula is C19H30Cl3N3O. The summed E-state index contributed by atoms with van der Waals surface area (Å²) in [6.45, 7) is 7.89. The predicted molar refractivity (Wildman–Crippen MR) is 113 cm³/mol. The lowest BCUT2D eigenvalue weighted by atomic mass is 10.0. The first kappa shape index (κ1) is 23.5. The SMILES string of the molecule is CC(c1ccccc1Cl)N1CCN(C(=O)CCC2CCNC2)CC1.Cl.Cl. The first-order chi connectivity index (χ1) is 11.6. The van der Waals surface area contributed by atoms with E-state index in [2.05, 4.69) is 23.2 Å². The van der Waals surface area contributed by atoms with E-state index in [-0.39, 0.29) is 24.8 Å². The highest BCUT2D eigenvalue weighted by molar-refractivity contribution is 6.31. The summed E-state index contributed by atoms with van der Waals surface area (Å²) in [6.07, 6.45) is 2.95. The Balaban J connectivity index is 0.00000169. The number of amides is 1. The van der Waals surface area contributed by atoms with Crippen LogP contribution in [0.15, 0.2) is 24.3 Å². The van der Waals surface area contributed by atoms with Gasteiger partial charge in [-0.3, -0.25) is 9.69 Å². The minimum Gasteiger partial charge on any atom is -0.340 e. The highest BCUT2D eigenvalue weighted by Gasteiger charge is 2.26. The third kappa shape index (κ3) is 6.00. The molecule has 0 radical (unpaired) electrons. The summed E-state index contributed by atoms with van der Waals surface area (Å²) in [5.41, 5.74) is 1.17. The molecule has 2 atom stereocenters. The second-order valence-corrected chi connectivity index (χ2v) is 7.42. The van der Waals surface area contributed by atoms with Crippen LogP contribution >= 0.6 is 36.4 Å². The zero-order valence-electron chi connectivity index (χ0n) is 15.3. The largest absolute Gasteiger partial charge is 0.340 e. The molecule has 0 aliphatic carbocycles. The van der Waals surface area contributed by atoms with Gasteiger partial charge in [-0.15, -0.1) is 24.8 Å². The Labute approximate surface area is 174 Å². The number of nitrogens with one attached hydrogen (secondary N) is 1. The Bertz CT molecular complexity index is 559. The number of carbonyl (C=O) groups is 1. The normalized spacial score (nSPS) is 21.6. The molecule has 148 valence electrons. The van der Waals surface area contributed by atoms with Gasteiger partial charge in [-0.05, 0) is 50.4 Å². The van der Waals surface area contributed by atoms with Gasteiger partial charge < -0.3 is 10.2 Å². The van der Waals surface area contributed by atoms with Crippen molar-refractivity contribution in [3.63, 3.8) is 0 Å². The fourth-order valence-corrected chi connectivity index (χ4v) is 4.11. The van der Waals surface area contributed by atoms with Crippen LogP contribution in [-0.2, 0) is 4.79 Å². The third-order valence-electron chi connectivity index (χ3n) is 5.50. The molecule has 0 aromatic heterocycles. The maximum atomic E-state index is 12.4. The van der Waals surface area contributed by atoms with Gasteiger partial charge in [-0.2, -0.15) is 0 Å². The standard InChI is InChI=1S/C19H28ClN3O.2ClH/c1-15(17-4-2-3-5-18(17)20)22-10-12-23(13-11-22)19(24)7-6-16-8-9-21-14-16;;/h2-5,15-16,21H,6-14H2,1H3;2*1H. The number of rotatable bonds is 5. The topological polar surface area (TPSA) is 35.6 Å². The van der Waals surface area contributed by atoms with E-state index in [4.69, 9.17) is 11.6 Å². The van der Waals surface area contributed by atoms with E-state index in [1.54, 1.807) is 0 Å². The molecule has 1 N–H and O–H groups in total. The van der Waals surface area contributed by atoms with Crippen LogP contribution in [0.1, 0.15) is 37.8 Å². The summed E-state index contributed by atoms with van der Waals surface area (Å²) in [5.74, 6) is 1.02. The summed E-state index contributed by atoms with van der Waals surface area (Å²) in [5, 5.41) is 4.20. The van der Waals surface area contributed by atoms with E-state index in [0.717, 1.165) is 50.7 Å². The van der Waals surface area contributed by atoms with Gasteiger partial charge in [0.1, 0.15) is 0 Å². The molecule has 2 heterocycles. The van der Waals surface area contributed by atoms with Crippen molar-refractivity contribution in [3.05, 3.63) is 34.9 Å². The van der Waals surface area contributed by atoms with Gasteiger partial charge in [0.2, 0.25) is 5.91 Å². The summed E-state index contributed by atoms with van der Waals surface area (Å²) < 4.78 is 0. The Hall–Kier alpha value is -0.520. The Morgan fingerprint density at radius 1 is 1.23 bits per heavy atom. The summed E-state index contributed by atoms with van der Waals surface area (Å²) >= 11 is 6.32. The fourth-order valence-electron chi connectivity index (χ4n) is 3.82. The highest BCUT2D eigenvalue weighted by atomic mass is 35.5. The van der Waals surface area contributed by atoms with Crippen molar-refractivity contribution in [2.45, 2.75) is 32.2 Å². The molecule has 2 aliphatic heterocycles. The molecule has 0 saturated carbocycles. The van der Waals surface area contributed by atoms with Crippen LogP contribution in [0.4, 0.5) is 0 Å². The van der Waals surface area contributed by atoms with E-state index in [9.17, 15) is 4.79 Å². The summed E-state index contributed by atoms with van der Waals surface area (Å²) in [7, 11) is 0. The molecular weight excluding hydrogens is 393 g/mol. The van der Waals surface area contributed by atoms with Crippen molar-refractivity contribution in [3.8, 4) is 0 Å². The Morgan fingerprint density at radius 3 is 2.54 bits per heavy atom. The lowest BCUT2D eigenvalue weighted by Crippen LogP contribution is -2.49. The molecule has 2 unspecified atom stereocenters. The van der Waals surface area contributed by atoms with Gasteiger partial charge >= 0.3 is 0 Å². The predicted octanol–water partition coefficient (Wildman–Crippen LogP) is 3.78. The van der Waals surface area contributed by atoms with Crippen LogP contribution < -0.4 is 5.32 Å². The van der Waals surface area contributed by atoms with Gasteiger partial charge in [-0.25, -0.2) is 0 Å². The fraction of sp³-hybridized carbons (Fsp3) is 0.632. The van der Waals surface area contributed by atoms with Crippen molar-refractivity contribution < 1.29 is 4.79 Å². The molecule has 0 spiro atoms. The van der Waals surface area contributed by atoms with Crippen LogP contribution in [0.25, 0.3) is 0 Å². The van der Waals surface area contributed by atoms with E-state index in [1.165, 1.54) is 12.0 Å². The summed E-state index contributed by atoms with van der Waals surface area (Å²) in [6, 6.07) is 8.34. The maximum absolute atomic E-state index is 12.4. The number of hydrogen-bond acceptors (Lipinski definition) is 3. The molecule has 2 fully saturated rings. The van der Waals surface area contributed by atoms with E-state index in [0.29, 0.717) is 24.3 Å². The number of benzene rings is 1. The monoisotopic (exact) mass is 421 g/mol. The Kier molecular flexibility index (Phi) is 10.3. The van der Waals surface area contributed by atoms with Crippen LogP contribution in [0.5, 0.6) is 0 Å². The minimum absolute atomic E-state index is 0. The zero-order valence-corrected chi connectivity index (χ0v) is 17.7. The van der Waals surface area contributed by atoms with Crippen molar-refractivity contribution in [1.29, 1.82) is 0 Å². The summed E-state index contributed by atoms with van der Waals surface area (Å²) in [4.78, 5) is 16.9. The second kappa shape index (κ2) is 11.4. The molecule has 4 nitrogen and oxygen atoms in total. The molecule has 2 saturated heterocycles. The van der Waals surface area contributed by atoms with Crippen molar-refractivity contribution in [2.24, 2.45) is 5.92 Å². The quantitative estimate of drug-likeness (QED) is 0.784. The zero-order chi connectivity index (χ0) is 16.9. The molecule has 26 heavy (non-hydrogen) atoms. The van der Waals surface area contributed by atoms with E-state index in [1.807, 2.05) is 23.1 Å². The van der Waals surface area contributed by atoms with Gasteiger partial charge in [0, 0.05) is 43.7 Å². The molecule has 1 aromatic carbocycles. The first-order valence-corrected chi connectivity index (χ1v) is 9.50. The second-order valence-electron chi connectivity index (χ2n) is 7.01. The molecule has 2 aliphatic rings. The number of hydrogen-bond donors (Lipinski definition) is 1. The lowest BCUT2D eigenvalue weighted by Gasteiger charge is -2.38. The smallest absolute Gasteiger partial charge is 0.222 e. The number of piperazine rings is 1. The number of carbonyl (C=O) groups excluding carboxylic acids is 1. The average molecular weight is 423 g/mol. The number of nitrogens with zero attached hydrogens (tertiary/aromatic N) is 2.